The molecule has 3 aromatic rings. The highest BCUT2D eigenvalue weighted by atomic mass is 32.1. The average Bonchev–Trinajstić information content (AvgIpc) is 3.15. The number of halogens is 3. The predicted octanol–water partition coefficient (Wildman–Crippen LogP) is 5.16. The summed E-state index contributed by atoms with van der Waals surface area (Å²) >= 11 is 1.29. The van der Waals surface area contributed by atoms with E-state index in [0.717, 1.165) is 36.8 Å². The topological polar surface area (TPSA) is 84.1 Å². The number of nitrogens with one attached hydrogen (secondary N) is 1. The summed E-state index contributed by atoms with van der Waals surface area (Å²) in [5.41, 5.74) is 5.97. The summed E-state index contributed by atoms with van der Waals surface area (Å²) in [5, 5.41) is 3.32. The molecule has 0 saturated carbocycles. The summed E-state index contributed by atoms with van der Waals surface area (Å²) in [6.07, 6.45) is 1.70. The first-order chi connectivity index (χ1) is 15.3. The molecule has 1 aliphatic rings. The zero-order chi connectivity index (χ0) is 22.7. The molecule has 2 aromatic heterocycles. The Morgan fingerprint density at radius 2 is 1.94 bits per heavy atom. The van der Waals surface area contributed by atoms with E-state index in [1.807, 2.05) is 0 Å². The molecule has 0 unspecified atom stereocenters. The van der Waals surface area contributed by atoms with Gasteiger partial charge in [-0.3, -0.25) is 4.79 Å². The fourth-order valence-electron chi connectivity index (χ4n) is 3.85. The highest BCUT2D eigenvalue weighted by molar-refractivity contribution is 7.22. The Bertz CT molecular complexity index is 1110. The van der Waals surface area contributed by atoms with Crippen LogP contribution in [0, 0.1) is 0 Å². The number of pyridine rings is 1. The second kappa shape index (κ2) is 9.41. The number of thiazole rings is 1. The first-order valence-electron chi connectivity index (χ1n) is 10.6. The van der Waals surface area contributed by atoms with E-state index in [0.29, 0.717) is 28.2 Å². The number of benzene rings is 1. The van der Waals surface area contributed by atoms with Crippen LogP contribution in [-0.2, 0) is 11.0 Å². The fourth-order valence-corrected chi connectivity index (χ4v) is 4.77. The Kier molecular flexibility index (Phi) is 6.61. The summed E-state index contributed by atoms with van der Waals surface area (Å²) in [7, 11) is 0. The Labute approximate surface area is 187 Å². The van der Waals surface area contributed by atoms with Crippen molar-refractivity contribution in [1.82, 2.24) is 14.9 Å². The summed E-state index contributed by atoms with van der Waals surface area (Å²) in [4.78, 5) is 22.8. The summed E-state index contributed by atoms with van der Waals surface area (Å²) < 4.78 is 40.2. The molecule has 6 nitrogen and oxygen atoms in total. The van der Waals surface area contributed by atoms with Gasteiger partial charge < -0.3 is 16.0 Å². The summed E-state index contributed by atoms with van der Waals surface area (Å²) in [6.45, 7) is 3.14. The highest BCUT2D eigenvalue weighted by Gasteiger charge is 2.34. The van der Waals surface area contributed by atoms with Gasteiger partial charge in [-0.1, -0.05) is 23.8 Å². The van der Waals surface area contributed by atoms with E-state index in [2.05, 4.69) is 20.2 Å². The molecule has 10 heteroatoms. The third-order valence-electron chi connectivity index (χ3n) is 5.52. The van der Waals surface area contributed by atoms with Crippen LogP contribution in [0.4, 0.5) is 24.1 Å². The maximum Gasteiger partial charge on any atom is 0.419 e. The number of rotatable bonds is 6. The van der Waals surface area contributed by atoms with Gasteiger partial charge in [-0.25, -0.2) is 9.97 Å². The van der Waals surface area contributed by atoms with Gasteiger partial charge in [-0.2, -0.15) is 13.2 Å². The molecule has 0 radical (unpaired) electrons. The fraction of sp³-hybridized carbons (Fsp3) is 0.409. The number of aromatic nitrogens is 2. The SMILES string of the molecule is Nc1ncc(-c2ccc3nc(NC(=O)CCCN4CCCCC4)sc3c2)cc1C(F)(F)F. The van der Waals surface area contributed by atoms with Crippen LogP contribution in [0.3, 0.4) is 0 Å². The predicted molar refractivity (Wildman–Crippen MR) is 120 cm³/mol. The number of nitrogens with two attached hydrogens (primary N) is 1. The van der Waals surface area contributed by atoms with E-state index < -0.39 is 17.6 Å². The van der Waals surface area contributed by atoms with Crippen molar-refractivity contribution >= 4 is 38.4 Å². The lowest BCUT2D eigenvalue weighted by Gasteiger charge is -2.26. The lowest BCUT2D eigenvalue weighted by molar-refractivity contribution is -0.137. The maximum absolute atomic E-state index is 13.1. The van der Waals surface area contributed by atoms with E-state index in [1.54, 1.807) is 18.2 Å². The van der Waals surface area contributed by atoms with Gasteiger partial charge in [-0.15, -0.1) is 0 Å². The summed E-state index contributed by atoms with van der Waals surface area (Å²) in [5.74, 6) is -0.635. The third kappa shape index (κ3) is 5.36. The number of piperidine rings is 1. The number of amides is 1. The van der Waals surface area contributed by atoms with Crippen molar-refractivity contribution in [3.8, 4) is 11.1 Å². The number of likely N-dealkylation sites (tertiary alicyclic amines) is 1. The average molecular weight is 464 g/mol. The van der Waals surface area contributed by atoms with Gasteiger partial charge in [0.1, 0.15) is 5.82 Å². The molecule has 0 aliphatic carbocycles. The first kappa shape index (κ1) is 22.5. The molecule has 4 rings (SSSR count). The molecule has 0 atom stereocenters. The van der Waals surface area contributed by atoms with Crippen LogP contribution in [0.1, 0.15) is 37.7 Å². The molecule has 3 N–H and O–H groups in total. The van der Waals surface area contributed by atoms with Crippen LogP contribution in [0.5, 0.6) is 0 Å². The monoisotopic (exact) mass is 463 g/mol. The third-order valence-corrected chi connectivity index (χ3v) is 6.45. The second-order valence-corrected chi connectivity index (χ2v) is 8.94. The van der Waals surface area contributed by atoms with E-state index in [1.165, 1.54) is 36.8 Å². The molecule has 1 fully saturated rings. The van der Waals surface area contributed by atoms with Crippen molar-refractivity contribution in [2.75, 3.05) is 30.7 Å². The number of fused-ring (bicyclic) bond motifs is 1. The number of alkyl halides is 3. The molecule has 170 valence electrons. The van der Waals surface area contributed by atoms with Crippen molar-refractivity contribution in [3.63, 3.8) is 0 Å². The number of carbonyl (C=O) groups excluding carboxylic acids is 1. The molecule has 1 amide bonds. The number of carbonyl (C=O) groups is 1. The number of nitrogen functional groups attached to an aromatic ring is 1. The second-order valence-electron chi connectivity index (χ2n) is 7.91. The number of hydrogen-bond donors (Lipinski definition) is 2. The molecule has 0 spiro atoms. The van der Waals surface area contributed by atoms with Crippen molar-refractivity contribution in [2.45, 2.75) is 38.3 Å². The van der Waals surface area contributed by atoms with Crippen LogP contribution in [0.25, 0.3) is 21.3 Å². The van der Waals surface area contributed by atoms with Gasteiger partial charge in [0.05, 0.1) is 15.8 Å². The Balaban J connectivity index is 1.42. The molecule has 1 aromatic carbocycles. The zero-order valence-corrected chi connectivity index (χ0v) is 18.2. The van der Waals surface area contributed by atoms with Crippen LogP contribution in [0.2, 0.25) is 0 Å². The molecule has 1 aliphatic heterocycles. The van der Waals surface area contributed by atoms with Gasteiger partial charge in [-0.05, 0) is 62.7 Å². The van der Waals surface area contributed by atoms with Crippen molar-refractivity contribution in [1.29, 1.82) is 0 Å². The Morgan fingerprint density at radius 1 is 1.16 bits per heavy atom. The minimum atomic E-state index is -4.58. The van der Waals surface area contributed by atoms with E-state index in [9.17, 15) is 18.0 Å². The molecule has 0 bridgehead atoms. The molecule has 3 heterocycles. The first-order valence-corrected chi connectivity index (χ1v) is 11.4. The van der Waals surface area contributed by atoms with Gasteiger partial charge in [0.25, 0.3) is 0 Å². The van der Waals surface area contributed by atoms with Crippen molar-refractivity contribution in [3.05, 3.63) is 36.0 Å². The van der Waals surface area contributed by atoms with Gasteiger partial charge in [0.15, 0.2) is 5.13 Å². The molecular weight excluding hydrogens is 439 g/mol. The van der Waals surface area contributed by atoms with Gasteiger partial charge in [0, 0.05) is 18.2 Å². The standard InChI is InChI=1S/C22H24F3N5OS/c23-22(24,25)16-11-15(13-27-20(16)26)14-6-7-17-18(12-14)32-21(28-17)29-19(31)5-4-10-30-8-2-1-3-9-30/h6-7,11-13H,1-5,8-10H2,(H2,26,27)(H,28,29,31). The Morgan fingerprint density at radius 3 is 2.69 bits per heavy atom. The quantitative estimate of drug-likeness (QED) is 0.527. The van der Waals surface area contributed by atoms with E-state index in [4.69, 9.17) is 5.73 Å². The van der Waals surface area contributed by atoms with E-state index >= 15 is 0 Å². The van der Waals surface area contributed by atoms with E-state index in [-0.39, 0.29) is 5.91 Å². The van der Waals surface area contributed by atoms with Crippen molar-refractivity contribution < 1.29 is 18.0 Å². The van der Waals surface area contributed by atoms with Crippen LogP contribution in [-0.4, -0.2) is 40.4 Å². The molecular formula is C22H24F3N5OS. The zero-order valence-electron chi connectivity index (χ0n) is 17.4. The smallest absolute Gasteiger partial charge is 0.383 e. The number of hydrogen-bond acceptors (Lipinski definition) is 6. The van der Waals surface area contributed by atoms with Crippen molar-refractivity contribution in [2.24, 2.45) is 0 Å². The lowest BCUT2D eigenvalue weighted by atomic mass is 10.1. The van der Waals surface area contributed by atoms with Crippen LogP contribution in [0.15, 0.2) is 30.5 Å². The lowest BCUT2D eigenvalue weighted by Crippen LogP contribution is -2.31. The highest BCUT2D eigenvalue weighted by Crippen LogP contribution is 2.36. The molecule has 32 heavy (non-hydrogen) atoms. The largest absolute Gasteiger partial charge is 0.419 e. The van der Waals surface area contributed by atoms with Gasteiger partial charge >= 0.3 is 6.18 Å². The van der Waals surface area contributed by atoms with Gasteiger partial charge in [0.2, 0.25) is 5.91 Å². The Hall–Kier alpha value is -2.72. The number of anilines is 2. The van der Waals surface area contributed by atoms with Crippen LogP contribution >= 0.6 is 11.3 Å². The molecule has 1 saturated heterocycles. The minimum absolute atomic E-state index is 0.0844. The summed E-state index contributed by atoms with van der Waals surface area (Å²) in [6, 6.07) is 6.14. The minimum Gasteiger partial charge on any atom is -0.383 e. The van der Waals surface area contributed by atoms with Crippen LogP contribution < -0.4 is 11.1 Å². The number of nitrogens with zero attached hydrogens (tertiary/aromatic N) is 3. The maximum atomic E-state index is 13.1. The normalized spacial score (nSPS) is 15.2.